The molecule has 0 spiro atoms. The summed E-state index contributed by atoms with van der Waals surface area (Å²) in [5, 5.41) is 6.26. The minimum atomic E-state index is 0. The quantitative estimate of drug-likeness (QED) is 0.294. The first kappa shape index (κ1) is 21.9. The smallest absolute Gasteiger partial charge is 0.0893 e. The SMILES string of the molecule is C(/c1cccc(-c2ccccn2)n1)=c1/[n-]/c(=C\c2nccc3ccccc23)c2ccccc12.[Pt]. The van der Waals surface area contributed by atoms with Crippen molar-refractivity contribution in [1.29, 1.82) is 0 Å². The molecule has 4 nitrogen and oxygen atoms in total. The van der Waals surface area contributed by atoms with Gasteiger partial charge in [0.15, 0.2) is 0 Å². The minimum Gasteiger partial charge on any atom is -0.657 e. The molecule has 0 atom stereocenters. The van der Waals surface area contributed by atoms with Crippen LogP contribution in [0.1, 0.15) is 11.4 Å². The Labute approximate surface area is 211 Å². The Morgan fingerprint density at radius 1 is 0.559 bits per heavy atom. The van der Waals surface area contributed by atoms with Crippen LogP contribution in [0.3, 0.4) is 0 Å². The van der Waals surface area contributed by atoms with E-state index in [1.165, 1.54) is 0 Å². The summed E-state index contributed by atoms with van der Waals surface area (Å²) in [7, 11) is 0. The van der Waals surface area contributed by atoms with Gasteiger partial charge in [0, 0.05) is 38.8 Å². The van der Waals surface area contributed by atoms with E-state index in [1.54, 1.807) is 6.20 Å². The molecule has 4 aromatic heterocycles. The second-order valence-electron chi connectivity index (χ2n) is 7.80. The minimum absolute atomic E-state index is 0. The van der Waals surface area contributed by atoms with Gasteiger partial charge in [-0.3, -0.25) is 9.97 Å². The van der Waals surface area contributed by atoms with Crippen molar-refractivity contribution >= 4 is 33.7 Å². The third-order valence-corrected chi connectivity index (χ3v) is 5.68. The van der Waals surface area contributed by atoms with Gasteiger partial charge in [-0.2, -0.15) is 0 Å². The van der Waals surface area contributed by atoms with Crippen molar-refractivity contribution in [3.05, 3.63) is 125 Å². The van der Waals surface area contributed by atoms with E-state index in [9.17, 15) is 0 Å². The van der Waals surface area contributed by atoms with E-state index in [1.807, 2.05) is 79.0 Å². The zero-order chi connectivity index (χ0) is 22.0. The van der Waals surface area contributed by atoms with E-state index in [0.29, 0.717) is 0 Å². The molecule has 0 radical (unpaired) electrons. The Morgan fingerprint density at radius 3 is 2.06 bits per heavy atom. The van der Waals surface area contributed by atoms with Gasteiger partial charge in [0.1, 0.15) is 0 Å². The van der Waals surface area contributed by atoms with Crippen LogP contribution in [-0.4, -0.2) is 15.0 Å². The monoisotopic (exact) mass is 618 g/mol. The van der Waals surface area contributed by atoms with Crippen molar-refractivity contribution < 1.29 is 21.1 Å². The van der Waals surface area contributed by atoms with Gasteiger partial charge < -0.3 is 4.98 Å². The molecule has 6 aromatic rings. The van der Waals surface area contributed by atoms with Crippen molar-refractivity contribution in [2.75, 3.05) is 0 Å². The second kappa shape index (κ2) is 9.54. The first-order valence-electron chi connectivity index (χ1n) is 10.8. The fraction of sp³-hybridized carbons (Fsp3) is 0. The van der Waals surface area contributed by atoms with Gasteiger partial charge in [-0.15, -0.1) is 10.7 Å². The predicted octanol–water partition coefficient (Wildman–Crippen LogP) is 4.46. The number of hydrogen-bond acceptors (Lipinski definition) is 3. The van der Waals surface area contributed by atoms with Crippen molar-refractivity contribution in [2.24, 2.45) is 0 Å². The Morgan fingerprint density at radius 2 is 1.26 bits per heavy atom. The van der Waals surface area contributed by atoms with Gasteiger partial charge >= 0.3 is 0 Å². The predicted molar refractivity (Wildman–Crippen MR) is 133 cm³/mol. The van der Waals surface area contributed by atoms with Crippen LogP contribution < -0.4 is 15.7 Å². The number of hydrogen-bond donors (Lipinski definition) is 0. The Kier molecular flexibility index (Phi) is 6.16. The Bertz CT molecular complexity index is 1720. The third kappa shape index (κ3) is 4.21. The number of nitrogens with zero attached hydrogens (tertiary/aromatic N) is 4. The van der Waals surface area contributed by atoms with Crippen molar-refractivity contribution in [3.63, 3.8) is 0 Å². The first-order valence-corrected chi connectivity index (χ1v) is 10.8. The molecule has 6 rings (SSSR count). The Balaban J connectivity index is 0.00000241. The average Bonchev–Trinajstić information content (AvgIpc) is 3.22. The molecule has 0 unspecified atom stereocenters. The zero-order valence-corrected chi connectivity index (χ0v) is 20.3. The van der Waals surface area contributed by atoms with E-state index < -0.39 is 0 Å². The molecule has 0 aliphatic rings. The standard InChI is InChI=1S/C29H19N4.Pt/c1-2-10-22-20(8-1)15-17-31-27(22)19-29-24-12-4-3-11-23(24)28(33-29)18-21-9-7-14-26(32-21)25-13-5-6-16-30-25;/h1-19H;/q-1;/b28-18-,29-19-;. The number of fused-ring (bicyclic) bond motifs is 2. The van der Waals surface area contributed by atoms with Crippen LogP contribution in [0.4, 0.5) is 0 Å². The fourth-order valence-electron chi connectivity index (χ4n) is 4.12. The second-order valence-corrected chi connectivity index (χ2v) is 7.80. The average molecular weight is 619 g/mol. The normalized spacial score (nSPS) is 12.2. The van der Waals surface area contributed by atoms with Crippen LogP contribution in [0.25, 0.3) is 45.1 Å². The van der Waals surface area contributed by atoms with E-state index in [4.69, 9.17) is 9.97 Å². The van der Waals surface area contributed by atoms with E-state index in [0.717, 1.165) is 55.0 Å². The molecular formula is C29H19N4Pt-. The molecule has 34 heavy (non-hydrogen) atoms. The van der Waals surface area contributed by atoms with Crippen LogP contribution in [0.2, 0.25) is 0 Å². The van der Waals surface area contributed by atoms with Crippen LogP contribution in [-0.2, 0) is 21.1 Å². The van der Waals surface area contributed by atoms with Crippen LogP contribution >= 0.6 is 0 Å². The van der Waals surface area contributed by atoms with Gasteiger partial charge in [-0.25, -0.2) is 4.98 Å². The molecule has 0 fully saturated rings. The van der Waals surface area contributed by atoms with Gasteiger partial charge in [0.05, 0.1) is 22.8 Å². The number of aromatic nitrogens is 4. The molecule has 0 bridgehead atoms. The van der Waals surface area contributed by atoms with Crippen molar-refractivity contribution in [1.82, 2.24) is 19.9 Å². The summed E-state index contributed by atoms with van der Waals surface area (Å²) in [4.78, 5) is 18.8. The van der Waals surface area contributed by atoms with E-state index in [-0.39, 0.29) is 21.1 Å². The van der Waals surface area contributed by atoms with Gasteiger partial charge in [-0.05, 0) is 52.6 Å². The molecule has 166 valence electrons. The molecule has 2 aromatic carbocycles. The molecule has 0 aliphatic carbocycles. The maximum absolute atomic E-state index is 4.98. The largest absolute Gasteiger partial charge is 0.657 e. The first-order chi connectivity index (χ1) is 16.3. The maximum atomic E-state index is 4.98. The number of rotatable bonds is 3. The van der Waals surface area contributed by atoms with Gasteiger partial charge in [-0.1, -0.05) is 66.7 Å². The van der Waals surface area contributed by atoms with Gasteiger partial charge in [0.2, 0.25) is 0 Å². The molecule has 0 amide bonds. The van der Waals surface area contributed by atoms with Crippen LogP contribution in [0.15, 0.2) is 103 Å². The molecule has 4 heterocycles. The summed E-state index contributed by atoms with van der Waals surface area (Å²) in [5.74, 6) is 0. The molecule has 0 saturated heterocycles. The molecule has 0 N–H and O–H groups in total. The summed E-state index contributed by atoms with van der Waals surface area (Å²) in [6.45, 7) is 0. The van der Waals surface area contributed by atoms with Gasteiger partial charge in [0.25, 0.3) is 0 Å². The molecule has 0 aliphatic heterocycles. The van der Waals surface area contributed by atoms with E-state index in [2.05, 4.69) is 40.3 Å². The number of benzene rings is 2. The third-order valence-electron chi connectivity index (χ3n) is 5.68. The molecular weight excluding hydrogens is 599 g/mol. The zero-order valence-electron chi connectivity index (χ0n) is 18.1. The van der Waals surface area contributed by atoms with Crippen LogP contribution in [0, 0.1) is 0 Å². The molecule has 5 heteroatoms. The maximum Gasteiger partial charge on any atom is 0.0893 e. The topological polar surface area (TPSA) is 52.8 Å². The van der Waals surface area contributed by atoms with E-state index >= 15 is 0 Å². The van der Waals surface area contributed by atoms with Crippen molar-refractivity contribution in [3.8, 4) is 11.4 Å². The summed E-state index contributed by atoms with van der Waals surface area (Å²) in [5.41, 5.74) is 3.45. The summed E-state index contributed by atoms with van der Waals surface area (Å²) in [6, 6.07) is 30.4. The summed E-state index contributed by atoms with van der Waals surface area (Å²) < 4.78 is 0. The fourth-order valence-corrected chi connectivity index (χ4v) is 4.12. The van der Waals surface area contributed by atoms with Crippen LogP contribution in [0.5, 0.6) is 0 Å². The molecule has 0 saturated carbocycles. The summed E-state index contributed by atoms with van der Waals surface area (Å²) in [6.07, 6.45) is 7.73. The van der Waals surface area contributed by atoms with Crippen molar-refractivity contribution in [2.45, 2.75) is 0 Å². The Hall–Kier alpha value is -3.88. The summed E-state index contributed by atoms with van der Waals surface area (Å²) >= 11 is 0. The number of pyridine rings is 3.